The molecule has 3 amide bonds. The number of hydrogen-bond donors (Lipinski definition) is 1. The van der Waals surface area contributed by atoms with Gasteiger partial charge in [-0.15, -0.1) is 0 Å². The van der Waals surface area contributed by atoms with Gasteiger partial charge in [-0.05, 0) is 42.3 Å². The van der Waals surface area contributed by atoms with E-state index >= 15 is 0 Å². The number of hydrogen-bond acceptors (Lipinski definition) is 3. The number of benzene rings is 1. The first kappa shape index (κ1) is 17.0. The summed E-state index contributed by atoms with van der Waals surface area (Å²) >= 11 is 0. The van der Waals surface area contributed by atoms with Gasteiger partial charge in [0, 0.05) is 49.9 Å². The highest BCUT2D eigenvalue weighted by atomic mass is 16.2. The number of nitrogens with zero attached hydrogens (tertiary/aromatic N) is 2. The van der Waals surface area contributed by atoms with Crippen LogP contribution >= 0.6 is 0 Å². The zero-order valence-corrected chi connectivity index (χ0v) is 14.2. The van der Waals surface area contributed by atoms with Crippen LogP contribution in [-0.2, 0) is 9.59 Å². The van der Waals surface area contributed by atoms with Crippen LogP contribution in [0.25, 0.3) is 0 Å². The van der Waals surface area contributed by atoms with Crippen molar-refractivity contribution in [3.8, 4) is 0 Å². The molecule has 6 heteroatoms. The van der Waals surface area contributed by atoms with E-state index in [1.807, 2.05) is 4.90 Å². The highest BCUT2D eigenvalue weighted by Crippen LogP contribution is 2.25. The number of anilines is 1. The Morgan fingerprint density at radius 1 is 1.20 bits per heavy atom. The first-order chi connectivity index (χ1) is 12.0. The van der Waals surface area contributed by atoms with Crippen molar-refractivity contribution in [2.24, 2.45) is 0 Å². The van der Waals surface area contributed by atoms with Gasteiger partial charge in [0.15, 0.2) is 0 Å². The fraction of sp³-hybridized carbons (Fsp3) is 0.316. The van der Waals surface area contributed by atoms with Crippen LogP contribution in [0.1, 0.15) is 29.6 Å². The predicted octanol–water partition coefficient (Wildman–Crippen LogP) is 1.85. The molecular formula is C19H21N3O3. The molecule has 6 nitrogen and oxygen atoms in total. The van der Waals surface area contributed by atoms with E-state index in [2.05, 4.69) is 11.9 Å². The van der Waals surface area contributed by atoms with E-state index in [1.54, 1.807) is 31.3 Å². The van der Waals surface area contributed by atoms with Crippen LogP contribution in [-0.4, -0.2) is 42.8 Å². The van der Waals surface area contributed by atoms with E-state index in [-0.39, 0.29) is 17.7 Å². The summed E-state index contributed by atoms with van der Waals surface area (Å²) in [7, 11) is 1.66. The minimum Gasteiger partial charge on any atom is -0.334 e. The molecule has 0 fully saturated rings. The number of amides is 3. The Bertz CT molecular complexity index is 765. The van der Waals surface area contributed by atoms with Crippen LogP contribution < -0.4 is 10.2 Å². The molecule has 0 unspecified atom stereocenters. The predicted molar refractivity (Wildman–Crippen MR) is 95.0 cm³/mol. The fourth-order valence-corrected chi connectivity index (χ4v) is 3.15. The lowest BCUT2D eigenvalue weighted by Crippen LogP contribution is -2.42. The molecule has 0 saturated heterocycles. The third-order valence-electron chi connectivity index (χ3n) is 4.68. The van der Waals surface area contributed by atoms with Crippen molar-refractivity contribution in [3.05, 3.63) is 53.8 Å². The monoisotopic (exact) mass is 339 g/mol. The van der Waals surface area contributed by atoms with E-state index in [4.69, 9.17) is 0 Å². The Kier molecular flexibility index (Phi) is 4.70. The number of carbonyl (C=O) groups is 3. The van der Waals surface area contributed by atoms with E-state index in [1.165, 1.54) is 11.0 Å². The maximum atomic E-state index is 12.7. The van der Waals surface area contributed by atoms with Crippen molar-refractivity contribution in [3.63, 3.8) is 0 Å². The normalized spacial score (nSPS) is 16.8. The maximum Gasteiger partial charge on any atom is 0.254 e. The Morgan fingerprint density at radius 2 is 1.92 bits per heavy atom. The third kappa shape index (κ3) is 3.47. The molecule has 2 aliphatic rings. The fourth-order valence-electron chi connectivity index (χ4n) is 3.15. The second kappa shape index (κ2) is 6.93. The number of carbonyl (C=O) groups excluding carboxylic acids is 3. The van der Waals surface area contributed by atoms with E-state index in [9.17, 15) is 14.4 Å². The Labute approximate surface area is 146 Å². The molecule has 0 atom stereocenters. The Balaban J connectivity index is 1.71. The molecule has 3 rings (SSSR count). The molecule has 2 aliphatic heterocycles. The minimum absolute atomic E-state index is 0.0345. The van der Waals surface area contributed by atoms with Crippen LogP contribution in [0.5, 0.6) is 0 Å². The van der Waals surface area contributed by atoms with Crippen LogP contribution in [0.15, 0.2) is 48.2 Å². The van der Waals surface area contributed by atoms with E-state index in [0.717, 1.165) is 17.7 Å². The molecule has 0 aromatic heterocycles. The molecule has 1 aromatic carbocycles. The molecule has 0 bridgehead atoms. The lowest BCUT2D eigenvalue weighted by molar-refractivity contribution is -0.121. The molecule has 130 valence electrons. The quantitative estimate of drug-likeness (QED) is 0.855. The van der Waals surface area contributed by atoms with Crippen molar-refractivity contribution in [1.82, 2.24) is 10.2 Å². The zero-order valence-electron chi connectivity index (χ0n) is 14.2. The molecule has 0 saturated carbocycles. The topological polar surface area (TPSA) is 69.7 Å². The number of nitrogens with one attached hydrogen (secondary N) is 1. The van der Waals surface area contributed by atoms with Crippen LogP contribution in [0.3, 0.4) is 0 Å². The number of rotatable bonds is 3. The third-order valence-corrected chi connectivity index (χ3v) is 4.68. The average Bonchev–Trinajstić information content (AvgIpc) is 2.65. The van der Waals surface area contributed by atoms with Crippen molar-refractivity contribution in [1.29, 1.82) is 0 Å². The van der Waals surface area contributed by atoms with Crippen molar-refractivity contribution in [2.45, 2.75) is 19.3 Å². The molecule has 1 aromatic rings. The van der Waals surface area contributed by atoms with E-state index in [0.29, 0.717) is 37.2 Å². The summed E-state index contributed by atoms with van der Waals surface area (Å²) in [6.07, 6.45) is 3.14. The van der Waals surface area contributed by atoms with Gasteiger partial charge >= 0.3 is 0 Å². The number of likely N-dealkylation sites (N-methyl/N-ethyl adjacent to an activating group) is 1. The first-order valence-electron chi connectivity index (χ1n) is 8.30. The Hall–Kier alpha value is -2.89. The van der Waals surface area contributed by atoms with Gasteiger partial charge in [0.25, 0.3) is 5.91 Å². The molecule has 0 radical (unpaired) electrons. The standard InChI is InChI=1S/C19H21N3O3/c1-3-18(24)21(2)15-7-4-13(5-8-15)19(25)22-11-10-16-14(12-22)6-9-17(23)20-16/h3-5,7-8H,1,6,9-12H2,2H3,(H,20,23). The highest BCUT2D eigenvalue weighted by molar-refractivity contribution is 6.01. The molecule has 0 aliphatic carbocycles. The largest absolute Gasteiger partial charge is 0.334 e. The zero-order chi connectivity index (χ0) is 18.0. The highest BCUT2D eigenvalue weighted by Gasteiger charge is 2.27. The summed E-state index contributed by atoms with van der Waals surface area (Å²) in [5.74, 6) is -0.172. The van der Waals surface area contributed by atoms with Crippen molar-refractivity contribution >= 4 is 23.4 Å². The van der Waals surface area contributed by atoms with Gasteiger partial charge in [0.2, 0.25) is 11.8 Å². The SMILES string of the molecule is C=CC(=O)N(C)c1ccc(C(=O)N2CCC3=C(CCC(=O)N3)C2)cc1. The van der Waals surface area contributed by atoms with E-state index < -0.39 is 0 Å². The second-order valence-electron chi connectivity index (χ2n) is 6.26. The smallest absolute Gasteiger partial charge is 0.254 e. The lowest BCUT2D eigenvalue weighted by Gasteiger charge is -2.33. The lowest BCUT2D eigenvalue weighted by atomic mass is 9.97. The molecule has 2 heterocycles. The Morgan fingerprint density at radius 3 is 2.60 bits per heavy atom. The molecule has 1 N–H and O–H groups in total. The summed E-state index contributed by atoms with van der Waals surface area (Å²) in [6.45, 7) is 4.62. The van der Waals surface area contributed by atoms with Crippen molar-refractivity contribution in [2.75, 3.05) is 25.0 Å². The van der Waals surface area contributed by atoms with Crippen LogP contribution in [0.2, 0.25) is 0 Å². The summed E-state index contributed by atoms with van der Waals surface area (Å²) in [6, 6.07) is 6.97. The van der Waals surface area contributed by atoms with Gasteiger partial charge in [-0.3, -0.25) is 14.4 Å². The van der Waals surface area contributed by atoms with Gasteiger partial charge in [-0.1, -0.05) is 6.58 Å². The van der Waals surface area contributed by atoms with Crippen LogP contribution in [0, 0.1) is 0 Å². The summed E-state index contributed by atoms with van der Waals surface area (Å²) in [5.41, 5.74) is 3.43. The summed E-state index contributed by atoms with van der Waals surface area (Å²) < 4.78 is 0. The second-order valence-corrected chi connectivity index (χ2v) is 6.26. The van der Waals surface area contributed by atoms with Crippen LogP contribution in [0.4, 0.5) is 5.69 Å². The molecule has 0 spiro atoms. The summed E-state index contributed by atoms with van der Waals surface area (Å²) in [4.78, 5) is 39.1. The van der Waals surface area contributed by atoms with Gasteiger partial charge in [0.05, 0.1) is 0 Å². The molecule has 25 heavy (non-hydrogen) atoms. The maximum absolute atomic E-state index is 12.7. The van der Waals surface area contributed by atoms with Crippen molar-refractivity contribution < 1.29 is 14.4 Å². The summed E-state index contributed by atoms with van der Waals surface area (Å²) in [5, 5.41) is 2.91. The first-order valence-corrected chi connectivity index (χ1v) is 8.30. The minimum atomic E-state index is -0.200. The molecular weight excluding hydrogens is 318 g/mol. The average molecular weight is 339 g/mol. The van der Waals surface area contributed by atoms with Gasteiger partial charge < -0.3 is 15.1 Å². The van der Waals surface area contributed by atoms with Gasteiger partial charge in [0.1, 0.15) is 0 Å². The van der Waals surface area contributed by atoms with Gasteiger partial charge in [-0.2, -0.15) is 0 Å². The van der Waals surface area contributed by atoms with Gasteiger partial charge in [-0.25, -0.2) is 0 Å².